The van der Waals surface area contributed by atoms with Crippen LogP contribution >= 0.6 is 6.42 Å². The van der Waals surface area contributed by atoms with Gasteiger partial charge in [0.15, 0.2) is 6.42 Å². The minimum absolute atomic E-state index is 0.791. The van der Waals surface area contributed by atoms with E-state index in [0.29, 0.717) is 0 Å². The molecule has 0 heterocycles. The summed E-state index contributed by atoms with van der Waals surface area (Å²) in [7, 11) is 0. The van der Waals surface area contributed by atoms with E-state index in [1.807, 2.05) is 48.8 Å². The molecule has 1 unspecified atom stereocenters. The molecule has 1 aromatic rings. The minimum atomic E-state index is -2.49. The number of hydrogen-bond donors (Lipinski definition) is 1. The van der Waals surface area contributed by atoms with Gasteiger partial charge in [0.1, 0.15) is 0 Å². The summed E-state index contributed by atoms with van der Waals surface area (Å²) in [5.74, 6) is 0. The summed E-state index contributed by atoms with van der Waals surface area (Å²) >= 11 is 5.32. The molecule has 14 heavy (non-hydrogen) atoms. The van der Waals surface area contributed by atoms with Crippen molar-refractivity contribution < 1.29 is 4.89 Å². The third-order valence-electron chi connectivity index (χ3n) is 2.21. The summed E-state index contributed by atoms with van der Waals surface area (Å²) in [5.41, 5.74) is 0. The van der Waals surface area contributed by atoms with E-state index in [4.69, 9.17) is 11.8 Å². The Bertz CT molecular complexity index is 324. The van der Waals surface area contributed by atoms with Crippen LogP contribution in [0.25, 0.3) is 0 Å². The molecule has 0 aliphatic rings. The van der Waals surface area contributed by atoms with Gasteiger partial charge < -0.3 is 4.89 Å². The lowest BCUT2D eigenvalue weighted by Crippen LogP contribution is -2.25. The summed E-state index contributed by atoms with van der Waals surface area (Å²) in [6.45, 7) is 5.62. The molecule has 0 fully saturated rings. The first-order valence-corrected chi connectivity index (χ1v) is 7.47. The Morgan fingerprint density at radius 3 is 2.14 bits per heavy atom. The molecular formula is C10H16NOPS. The van der Waals surface area contributed by atoms with Gasteiger partial charge >= 0.3 is 0 Å². The number of rotatable bonds is 4. The van der Waals surface area contributed by atoms with Crippen LogP contribution in [0.15, 0.2) is 30.3 Å². The van der Waals surface area contributed by atoms with Gasteiger partial charge in [0.05, 0.1) is 0 Å². The number of hydrogen-bond acceptors (Lipinski definition) is 1. The van der Waals surface area contributed by atoms with E-state index in [0.717, 1.165) is 18.4 Å². The Morgan fingerprint density at radius 2 is 1.71 bits per heavy atom. The normalized spacial score (nSPS) is 15.4. The zero-order valence-corrected chi connectivity index (χ0v) is 10.3. The first-order chi connectivity index (χ1) is 6.62. The molecule has 0 spiro atoms. The molecule has 0 saturated heterocycles. The van der Waals surface area contributed by atoms with Crippen molar-refractivity contribution in [3.8, 4) is 0 Å². The summed E-state index contributed by atoms with van der Waals surface area (Å²) < 4.78 is 1.96. The molecule has 1 atom stereocenters. The highest BCUT2D eigenvalue weighted by Gasteiger charge is 2.21. The fraction of sp³-hybridized carbons (Fsp3) is 0.400. The van der Waals surface area contributed by atoms with E-state index in [1.54, 1.807) is 0 Å². The summed E-state index contributed by atoms with van der Waals surface area (Å²) in [6.07, 6.45) is -2.49. The summed E-state index contributed by atoms with van der Waals surface area (Å²) in [6, 6.07) is 9.56. The highest BCUT2D eigenvalue weighted by Crippen LogP contribution is 2.43. The van der Waals surface area contributed by atoms with Crippen molar-refractivity contribution in [1.82, 2.24) is 4.67 Å². The molecule has 2 nitrogen and oxygen atoms in total. The zero-order valence-electron chi connectivity index (χ0n) is 8.55. The molecule has 0 aliphatic carbocycles. The average Bonchev–Trinajstić information content (AvgIpc) is 2.20. The predicted octanol–water partition coefficient (Wildman–Crippen LogP) is 1.96. The van der Waals surface area contributed by atoms with Gasteiger partial charge in [0.2, 0.25) is 0 Å². The fourth-order valence-electron chi connectivity index (χ4n) is 1.39. The molecule has 0 aromatic heterocycles. The Hall–Kier alpha value is -0.210. The number of nitrogens with zero attached hydrogens (tertiary/aromatic N) is 1. The van der Waals surface area contributed by atoms with E-state index < -0.39 is 6.42 Å². The highest BCUT2D eigenvalue weighted by atomic mass is 32.4. The van der Waals surface area contributed by atoms with Gasteiger partial charge in [-0.2, -0.15) is 0 Å². The standard InChI is InChI=1S/C10H16NOPS/c1-3-11(4-2)13(12,14)10-8-6-5-7-9-10/h5-9H,3-4H2,1-2H3,(H,12,14). The third-order valence-corrected chi connectivity index (χ3v) is 5.83. The highest BCUT2D eigenvalue weighted by molar-refractivity contribution is 8.14. The van der Waals surface area contributed by atoms with E-state index in [9.17, 15) is 4.89 Å². The molecule has 1 aromatic carbocycles. The predicted molar refractivity (Wildman–Crippen MR) is 65.5 cm³/mol. The maximum atomic E-state index is 10.3. The molecule has 0 amide bonds. The van der Waals surface area contributed by atoms with Gasteiger partial charge in [0.25, 0.3) is 0 Å². The van der Waals surface area contributed by atoms with Crippen LogP contribution in [0.5, 0.6) is 0 Å². The average molecular weight is 229 g/mol. The molecule has 0 radical (unpaired) electrons. The van der Waals surface area contributed by atoms with Crippen molar-refractivity contribution in [2.45, 2.75) is 13.8 Å². The maximum Gasteiger partial charge on any atom is 0.159 e. The van der Waals surface area contributed by atoms with Crippen LogP contribution in [0.3, 0.4) is 0 Å². The molecule has 0 bridgehead atoms. The Morgan fingerprint density at radius 1 is 1.21 bits per heavy atom. The molecule has 0 aliphatic heterocycles. The molecule has 0 saturated carbocycles. The van der Waals surface area contributed by atoms with Gasteiger partial charge in [-0.05, 0) is 11.8 Å². The van der Waals surface area contributed by atoms with Crippen LogP contribution in [-0.4, -0.2) is 22.7 Å². The van der Waals surface area contributed by atoms with Gasteiger partial charge in [-0.3, -0.25) is 4.67 Å². The summed E-state index contributed by atoms with van der Waals surface area (Å²) in [5, 5.41) is 0.874. The zero-order chi connectivity index (χ0) is 10.6. The smallest absolute Gasteiger partial charge is 0.159 e. The van der Waals surface area contributed by atoms with E-state index in [-0.39, 0.29) is 0 Å². The second kappa shape index (κ2) is 5.04. The SMILES string of the molecule is CCN(CC)P(O)(=S)c1ccccc1. The molecule has 78 valence electrons. The van der Waals surface area contributed by atoms with Crippen molar-refractivity contribution in [2.24, 2.45) is 0 Å². The van der Waals surface area contributed by atoms with Gasteiger partial charge in [-0.15, -0.1) is 0 Å². The maximum absolute atomic E-state index is 10.3. The monoisotopic (exact) mass is 229 g/mol. The second-order valence-electron chi connectivity index (χ2n) is 3.02. The van der Waals surface area contributed by atoms with Crippen molar-refractivity contribution in [3.05, 3.63) is 30.3 Å². The summed E-state index contributed by atoms with van der Waals surface area (Å²) in [4.78, 5) is 10.3. The van der Waals surface area contributed by atoms with E-state index >= 15 is 0 Å². The van der Waals surface area contributed by atoms with Crippen LogP contribution < -0.4 is 5.30 Å². The first kappa shape index (κ1) is 11.9. The van der Waals surface area contributed by atoms with Crippen LogP contribution in [0.1, 0.15) is 13.8 Å². The van der Waals surface area contributed by atoms with Crippen molar-refractivity contribution >= 4 is 23.5 Å². The van der Waals surface area contributed by atoms with Crippen LogP contribution in [0, 0.1) is 0 Å². The van der Waals surface area contributed by atoms with Crippen molar-refractivity contribution in [1.29, 1.82) is 0 Å². The van der Waals surface area contributed by atoms with E-state index in [1.165, 1.54) is 0 Å². The lowest BCUT2D eigenvalue weighted by atomic mass is 10.4. The quantitative estimate of drug-likeness (QED) is 0.798. The van der Waals surface area contributed by atoms with Gasteiger partial charge in [-0.1, -0.05) is 44.2 Å². The largest absolute Gasteiger partial charge is 0.350 e. The Balaban J connectivity index is 3.01. The second-order valence-corrected chi connectivity index (χ2v) is 6.72. The Labute approximate surface area is 90.7 Å². The fourth-order valence-corrected chi connectivity index (χ4v) is 4.10. The minimum Gasteiger partial charge on any atom is -0.350 e. The molecule has 1 N–H and O–H groups in total. The van der Waals surface area contributed by atoms with Gasteiger partial charge in [0, 0.05) is 18.4 Å². The van der Waals surface area contributed by atoms with Crippen LogP contribution in [0.2, 0.25) is 0 Å². The molecule has 1 rings (SSSR count). The third kappa shape index (κ3) is 2.43. The molecular weight excluding hydrogens is 213 g/mol. The lowest BCUT2D eigenvalue weighted by molar-refractivity contribution is 0.448. The number of benzene rings is 1. The van der Waals surface area contributed by atoms with Crippen LogP contribution in [0.4, 0.5) is 0 Å². The van der Waals surface area contributed by atoms with Gasteiger partial charge in [-0.25, -0.2) is 0 Å². The topological polar surface area (TPSA) is 23.5 Å². The van der Waals surface area contributed by atoms with Crippen molar-refractivity contribution in [2.75, 3.05) is 13.1 Å². The molecule has 4 heteroatoms. The van der Waals surface area contributed by atoms with Crippen LogP contribution in [-0.2, 0) is 11.8 Å². The van der Waals surface area contributed by atoms with Crippen molar-refractivity contribution in [3.63, 3.8) is 0 Å². The van der Waals surface area contributed by atoms with E-state index in [2.05, 4.69) is 0 Å². The Kier molecular flexibility index (Phi) is 4.27. The lowest BCUT2D eigenvalue weighted by Gasteiger charge is -2.28. The first-order valence-electron chi connectivity index (χ1n) is 4.76.